The number of aryl methyl sites for hydroxylation is 1. The zero-order valence-electron chi connectivity index (χ0n) is 13.2. The Balaban J connectivity index is 2.46. The van der Waals surface area contributed by atoms with Gasteiger partial charge in [-0.05, 0) is 43.2 Å². The van der Waals surface area contributed by atoms with E-state index in [1.54, 1.807) is 44.2 Å². The number of aliphatic carboxylic acids is 1. The molecule has 24 heavy (non-hydrogen) atoms. The van der Waals surface area contributed by atoms with E-state index in [9.17, 15) is 19.5 Å². The largest absolute Gasteiger partial charge is 0.479 e. The van der Waals surface area contributed by atoms with Crippen molar-refractivity contribution in [1.29, 1.82) is 0 Å². The summed E-state index contributed by atoms with van der Waals surface area (Å²) in [6.07, 6.45) is 0.0967. The monoisotopic (exact) mass is 348 g/mol. The second-order valence-electron chi connectivity index (χ2n) is 5.41. The number of halogens is 1. The van der Waals surface area contributed by atoms with Gasteiger partial charge >= 0.3 is 5.97 Å². The Hall–Kier alpha value is -2.60. The number of aromatic nitrogens is 1. The molecule has 0 aliphatic carbocycles. The molecule has 1 aromatic heterocycles. The number of rotatable bonds is 5. The van der Waals surface area contributed by atoms with Gasteiger partial charge in [0.05, 0.1) is 0 Å². The Morgan fingerprint density at radius 3 is 2.33 bits per heavy atom. The summed E-state index contributed by atoms with van der Waals surface area (Å²) in [7, 11) is 0. The number of pyridine rings is 1. The van der Waals surface area contributed by atoms with Crippen molar-refractivity contribution in [2.24, 2.45) is 0 Å². The third-order valence-electron chi connectivity index (χ3n) is 3.86. The summed E-state index contributed by atoms with van der Waals surface area (Å²) in [6.45, 7) is 3.33. The number of hydrogen-bond acceptors (Lipinski definition) is 3. The molecule has 0 aliphatic rings. The molecule has 0 saturated carbocycles. The average Bonchev–Trinajstić information content (AvgIpc) is 2.53. The average molecular weight is 349 g/mol. The quantitative estimate of drug-likeness (QED) is 0.772. The first-order chi connectivity index (χ1) is 11.3. The van der Waals surface area contributed by atoms with Crippen LogP contribution < -0.4 is 10.9 Å². The summed E-state index contributed by atoms with van der Waals surface area (Å²) in [5, 5.41) is 12.7. The molecule has 1 aromatic carbocycles. The van der Waals surface area contributed by atoms with Crippen molar-refractivity contribution < 1.29 is 14.7 Å². The minimum Gasteiger partial charge on any atom is -0.479 e. The molecular formula is C17H17ClN2O4. The first-order valence-corrected chi connectivity index (χ1v) is 7.70. The lowest BCUT2D eigenvalue weighted by Gasteiger charge is -2.30. The third kappa shape index (κ3) is 3.33. The number of carbonyl (C=O) groups excluding carboxylic acids is 1. The summed E-state index contributed by atoms with van der Waals surface area (Å²) >= 11 is 5.84. The van der Waals surface area contributed by atoms with Crippen LogP contribution in [-0.2, 0) is 10.3 Å². The molecule has 1 unspecified atom stereocenters. The predicted molar refractivity (Wildman–Crippen MR) is 90.3 cm³/mol. The molecule has 7 heteroatoms. The highest BCUT2D eigenvalue weighted by Crippen LogP contribution is 2.27. The summed E-state index contributed by atoms with van der Waals surface area (Å²) in [6, 6.07) is 9.13. The van der Waals surface area contributed by atoms with Gasteiger partial charge in [0.2, 0.25) is 0 Å². The standard InChI is InChI=1S/C17H17ClN2O4/c1-3-17(16(23)24,11-5-7-12(18)8-6-11)20-15(22)13-9-4-10(2)19-14(13)21/h4-9H,3H2,1-2H3,(H,19,21)(H,20,22)(H,23,24). The molecule has 3 N–H and O–H groups in total. The number of carbonyl (C=O) groups is 2. The number of aromatic amines is 1. The second kappa shape index (κ2) is 6.88. The van der Waals surface area contributed by atoms with Gasteiger partial charge in [-0.1, -0.05) is 30.7 Å². The molecule has 0 fully saturated rings. The summed E-state index contributed by atoms with van der Waals surface area (Å²) < 4.78 is 0. The molecule has 0 spiro atoms. The van der Waals surface area contributed by atoms with Crippen LogP contribution in [0.1, 0.15) is 35.0 Å². The summed E-state index contributed by atoms with van der Waals surface area (Å²) in [5.74, 6) is -1.97. The number of H-pyrrole nitrogens is 1. The number of hydrogen-bond donors (Lipinski definition) is 3. The highest BCUT2D eigenvalue weighted by Gasteiger charge is 2.40. The molecule has 0 aliphatic heterocycles. The number of carboxylic acid groups (broad SMARTS) is 1. The number of nitrogens with one attached hydrogen (secondary N) is 2. The zero-order chi connectivity index (χ0) is 17.9. The van der Waals surface area contributed by atoms with Crippen LogP contribution in [0.5, 0.6) is 0 Å². The minimum atomic E-state index is -1.65. The lowest BCUT2D eigenvalue weighted by atomic mass is 9.87. The zero-order valence-corrected chi connectivity index (χ0v) is 14.0. The lowest BCUT2D eigenvalue weighted by Crippen LogP contribution is -2.52. The van der Waals surface area contributed by atoms with Gasteiger partial charge in [-0.3, -0.25) is 9.59 Å². The Labute approximate surface area is 143 Å². The van der Waals surface area contributed by atoms with Crippen LogP contribution in [0, 0.1) is 6.92 Å². The fourth-order valence-corrected chi connectivity index (χ4v) is 2.57. The van der Waals surface area contributed by atoms with Crippen LogP contribution >= 0.6 is 11.6 Å². The molecule has 1 amide bonds. The van der Waals surface area contributed by atoms with Gasteiger partial charge < -0.3 is 15.4 Å². The van der Waals surface area contributed by atoms with Gasteiger partial charge in [0.15, 0.2) is 5.54 Å². The maximum atomic E-state index is 12.5. The van der Waals surface area contributed by atoms with Crippen molar-refractivity contribution in [3.8, 4) is 0 Å². The Morgan fingerprint density at radius 2 is 1.83 bits per heavy atom. The van der Waals surface area contributed by atoms with E-state index in [0.29, 0.717) is 16.3 Å². The fraction of sp³-hybridized carbons (Fsp3) is 0.235. The van der Waals surface area contributed by atoms with Crippen molar-refractivity contribution in [3.63, 3.8) is 0 Å². The molecule has 2 rings (SSSR count). The van der Waals surface area contributed by atoms with Crippen LogP contribution in [0.4, 0.5) is 0 Å². The van der Waals surface area contributed by atoms with Crippen molar-refractivity contribution in [2.45, 2.75) is 25.8 Å². The van der Waals surface area contributed by atoms with E-state index < -0.39 is 23.0 Å². The lowest BCUT2D eigenvalue weighted by molar-refractivity contribution is -0.145. The Morgan fingerprint density at radius 1 is 1.21 bits per heavy atom. The van der Waals surface area contributed by atoms with Crippen LogP contribution in [0.25, 0.3) is 0 Å². The first-order valence-electron chi connectivity index (χ1n) is 7.32. The van der Waals surface area contributed by atoms with Crippen LogP contribution in [0.3, 0.4) is 0 Å². The number of amides is 1. The SMILES string of the molecule is CCC(NC(=O)c1ccc(C)[nH]c1=O)(C(=O)O)c1ccc(Cl)cc1. The second-order valence-corrected chi connectivity index (χ2v) is 5.85. The van der Waals surface area contributed by atoms with Gasteiger partial charge in [0.1, 0.15) is 5.56 Å². The minimum absolute atomic E-state index is 0.0967. The first kappa shape index (κ1) is 17.7. The van der Waals surface area contributed by atoms with E-state index in [2.05, 4.69) is 10.3 Å². The van der Waals surface area contributed by atoms with E-state index in [0.717, 1.165) is 0 Å². The predicted octanol–water partition coefficient (Wildman–Crippen LogP) is 2.46. The highest BCUT2D eigenvalue weighted by atomic mass is 35.5. The third-order valence-corrected chi connectivity index (χ3v) is 4.11. The molecule has 2 aromatic rings. The molecular weight excluding hydrogens is 332 g/mol. The van der Waals surface area contributed by atoms with Crippen molar-refractivity contribution in [2.75, 3.05) is 0 Å². The smallest absolute Gasteiger partial charge is 0.334 e. The van der Waals surface area contributed by atoms with Gasteiger partial charge in [-0.15, -0.1) is 0 Å². The normalized spacial score (nSPS) is 13.1. The summed E-state index contributed by atoms with van der Waals surface area (Å²) in [5.41, 5.74) is -1.39. The summed E-state index contributed by atoms with van der Waals surface area (Å²) in [4.78, 5) is 38.8. The van der Waals surface area contributed by atoms with Crippen LogP contribution in [-0.4, -0.2) is 22.0 Å². The molecule has 6 nitrogen and oxygen atoms in total. The van der Waals surface area contributed by atoms with Crippen molar-refractivity contribution in [1.82, 2.24) is 10.3 Å². The van der Waals surface area contributed by atoms with Crippen molar-refractivity contribution >= 4 is 23.5 Å². The van der Waals surface area contributed by atoms with E-state index >= 15 is 0 Å². The highest BCUT2D eigenvalue weighted by molar-refractivity contribution is 6.30. The maximum absolute atomic E-state index is 12.5. The van der Waals surface area contributed by atoms with E-state index in [4.69, 9.17) is 11.6 Å². The number of carboxylic acids is 1. The van der Waals surface area contributed by atoms with Gasteiger partial charge in [-0.2, -0.15) is 0 Å². The molecule has 0 radical (unpaired) electrons. The van der Waals surface area contributed by atoms with E-state index in [-0.39, 0.29) is 12.0 Å². The van der Waals surface area contributed by atoms with Gasteiger partial charge in [0.25, 0.3) is 11.5 Å². The molecule has 1 atom stereocenters. The van der Waals surface area contributed by atoms with E-state index in [1.165, 1.54) is 6.07 Å². The Bertz CT molecular complexity index is 829. The van der Waals surface area contributed by atoms with Gasteiger partial charge in [0, 0.05) is 10.7 Å². The van der Waals surface area contributed by atoms with Crippen molar-refractivity contribution in [3.05, 3.63) is 68.6 Å². The molecule has 126 valence electrons. The molecule has 0 bridgehead atoms. The number of benzene rings is 1. The topological polar surface area (TPSA) is 99.3 Å². The Kier molecular flexibility index (Phi) is 5.09. The van der Waals surface area contributed by atoms with Gasteiger partial charge in [-0.25, -0.2) is 4.79 Å². The van der Waals surface area contributed by atoms with Crippen LogP contribution in [0.15, 0.2) is 41.2 Å². The fourth-order valence-electron chi connectivity index (χ4n) is 2.44. The van der Waals surface area contributed by atoms with E-state index in [1.807, 2.05) is 0 Å². The molecule has 0 saturated heterocycles. The maximum Gasteiger partial charge on any atom is 0.334 e. The molecule has 1 heterocycles. The van der Waals surface area contributed by atoms with Crippen LogP contribution in [0.2, 0.25) is 5.02 Å².